The van der Waals surface area contributed by atoms with Gasteiger partial charge < -0.3 is 4.74 Å². The first-order valence-electron chi connectivity index (χ1n) is 7.17. The van der Waals surface area contributed by atoms with Gasteiger partial charge in [-0.15, -0.1) is 0 Å². The van der Waals surface area contributed by atoms with Crippen LogP contribution in [0.1, 0.15) is 32.4 Å². The van der Waals surface area contributed by atoms with Crippen LogP contribution in [0.5, 0.6) is 5.75 Å². The number of amides is 1. The molecule has 1 atom stereocenters. The molecule has 1 aliphatic heterocycles. The molecule has 1 heterocycles. The summed E-state index contributed by atoms with van der Waals surface area (Å²) in [7, 11) is 0. The van der Waals surface area contributed by atoms with Gasteiger partial charge in [0.1, 0.15) is 5.75 Å². The molecule has 1 amide bonds. The van der Waals surface area contributed by atoms with Crippen molar-refractivity contribution in [1.82, 2.24) is 0 Å². The number of para-hydroxylation sites is 2. The molecule has 0 bridgehead atoms. The van der Waals surface area contributed by atoms with Crippen LogP contribution in [0, 0.1) is 0 Å². The van der Waals surface area contributed by atoms with Gasteiger partial charge in [-0.3, -0.25) is 9.69 Å². The Bertz CT molecular complexity index is 664. The zero-order valence-corrected chi connectivity index (χ0v) is 12.5. The first-order valence-corrected chi connectivity index (χ1v) is 7.17. The average molecular weight is 281 g/mol. The van der Waals surface area contributed by atoms with Gasteiger partial charge in [0.25, 0.3) is 5.91 Å². The monoisotopic (exact) mass is 281 g/mol. The van der Waals surface area contributed by atoms with Crippen molar-refractivity contribution in [3.63, 3.8) is 0 Å². The lowest BCUT2D eigenvalue weighted by atomic mass is 9.99. The third-order valence-corrected chi connectivity index (χ3v) is 3.89. The van der Waals surface area contributed by atoms with Crippen molar-refractivity contribution in [3.05, 3.63) is 60.2 Å². The van der Waals surface area contributed by atoms with E-state index in [4.69, 9.17) is 4.74 Å². The molecular weight excluding hydrogens is 262 g/mol. The smallest absolute Gasteiger partial charge is 0.271 e. The molecule has 2 aromatic rings. The quantitative estimate of drug-likeness (QED) is 0.834. The van der Waals surface area contributed by atoms with Gasteiger partial charge in [-0.05, 0) is 38.5 Å². The van der Waals surface area contributed by atoms with Crippen molar-refractivity contribution in [2.24, 2.45) is 0 Å². The van der Waals surface area contributed by atoms with Crippen molar-refractivity contribution in [2.75, 3.05) is 4.90 Å². The fourth-order valence-electron chi connectivity index (χ4n) is 2.73. The number of nitrogens with zero attached hydrogens (tertiary/aromatic N) is 1. The largest absolute Gasteiger partial charge is 0.476 e. The molecular formula is C18H19NO2. The minimum Gasteiger partial charge on any atom is -0.476 e. The lowest BCUT2D eigenvalue weighted by molar-refractivity contribution is -0.133. The lowest BCUT2D eigenvalue weighted by Gasteiger charge is -2.41. The molecule has 3 rings (SSSR count). The highest BCUT2D eigenvalue weighted by molar-refractivity contribution is 6.02. The fourth-order valence-corrected chi connectivity index (χ4v) is 2.73. The van der Waals surface area contributed by atoms with Crippen LogP contribution in [0.25, 0.3) is 0 Å². The van der Waals surface area contributed by atoms with E-state index in [9.17, 15) is 4.79 Å². The second-order valence-electron chi connectivity index (χ2n) is 5.84. The Labute approximate surface area is 125 Å². The first-order chi connectivity index (χ1) is 10.0. The van der Waals surface area contributed by atoms with Crippen molar-refractivity contribution in [3.8, 4) is 5.75 Å². The average Bonchev–Trinajstić information content (AvgIpc) is 2.48. The molecule has 3 heteroatoms. The van der Waals surface area contributed by atoms with E-state index in [-0.39, 0.29) is 11.9 Å². The molecule has 21 heavy (non-hydrogen) atoms. The van der Waals surface area contributed by atoms with E-state index >= 15 is 0 Å². The van der Waals surface area contributed by atoms with Gasteiger partial charge in [-0.1, -0.05) is 42.5 Å². The minimum absolute atomic E-state index is 0.0162. The molecule has 0 saturated heterocycles. The van der Waals surface area contributed by atoms with E-state index < -0.39 is 5.60 Å². The summed E-state index contributed by atoms with van der Waals surface area (Å²) in [6, 6.07) is 17.7. The van der Waals surface area contributed by atoms with E-state index in [1.54, 1.807) is 0 Å². The number of carbonyl (C=O) groups excluding carboxylic acids is 1. The van der Waals surface area contributed by atoms with E-state index in [2.05, 4.69) is 0 Å². The summed E-state index contributed by atoms with van der Waals surface area (Å²) in [4.78, 5) is 14.7. The zero-order valence-electron chi connectivity index (χ0n) is 12.5. The maximum absolute atomic E-state index is 12.8. The summed E-state index contributed by atoms with van der Waals surface area (Å²) in [6.07, 6.45) is 0. The third kappa shape index (κ3) is 2.29. The molecule has 0 fully saturated rings. The molecule has 0 radical (unpaired) electrons. The van der Waals surface area contributed by atoms with Crippen LogP contribution in [0.15, 0.2) is 54.6 Å². The van der Waals surface area contributed by atoms with Gasteiger partial charge in [0, 0.05) is 0 Å². The lowest BCUT2D eigenvalue weighted by Crippen LogP contribution is -2.53. The Morgan fingerprint density at radius 1 is 1.00 bits per heavy atom. The van der Waals surface area contributed by atoms with Crippen LogP contribution in [-0.2, 0) is 4.79 Å². The van der Waals surface area contributed by atoms with Crippen molar-refractivity contribution >= 4 is 11.6 Å². The highest BCUT2D eigenvalue weighted by Gasteiger charge is 2.42. The molecule has 1 aliphatic rings. The second kappa shape index (κ2) is 4.92. The second-order valence-corrected chi connectivity index (χ2v) is 5.84. The number of rotatable bonds is 2. The highest BCUT2D eigenvalue weighted by atomic mass is 16.5. The standard InChI is InChI=1S/C18H19NO2/c1-13(14-9-5-4-6-10-14)19-15-11-7-8-12-16(15)21-18(2,3)17(19)20/h4-13H,1-3H3. The van der Waals surface area contributed by atoms with Crippen LogP contribution < -0.4 is 9.64 Å². The molecule has 3 nitrogen and oxygen atoms in total. The van der Waals surface area contributed by atoms with E-state index in [1.807, 2.05) is 80.3 Å². The predicted octanol–water partition coefficient (Wildman–Crippen LogP) is 3.95. The van der Waals surface area contributed by atoms with Gasteiger partial charge in [0.05, 0.1) is 11.7 Å². The number of anilines is 1. The van der Waals surface area contributed by atoms with Crippen LogP contribution >= 0.6 is 0 Å². The number of fused-ring (bicyclic) bond motifs is 1. The Morgan fingerprint density at radius 2 is 1.62 bits per heavy atom. The van der Waals surface area contributed by atoms with Crippen molar-refractivity contribution < 1.29 is 9.53 Å². The molecule has 2 aromatic carbocycles. The van der Waals surface area contributed by atoms with Crippen molar-refractivity contribution in [2.45, 2.75) is 32.4 Å². The topological polar surface area (TPSA) is 29.5 Å². The van der Waals surface area contributed by atoms with Gasteiger partial charge >= 0.3 is 0 Å². The summed E-state index contributed by atoms with van der Waals surface area (Å²) in [5, 5.41) is 0. The summed E-state index contributed by atoms with van der Waals surface area (Å²) in [5.74, 6) is 0.738. The van der Waals surface area contributed by atoms with E-state index in [0.717, 1.165) is 17.0 Å². The summed E-state index contributed by atoms with van der Waals surface area (Å²) in [6.45, 7) is 5.68. The van der Waals surface area contributed by atoms with Crippen LogP contribution in [0.3, 0.4) is 0 Å². The summed E-state index contributed by atoms with van der Waals surface area (Å²) >= 11 is 0. The predicted molar refractivity (Wildman–Crippen MR) is 83.5 cm³/mol. The van der Waals surface area contributed by atoms with Gasteiger partial charge in [0.2, 0.25) is 0 Å². The molecule has 0 aromatic heterocycles. The molecule has 108 valence electrons. The van der Waals surface area contributed by atoms with Gasteiger partial charge in [-0.25, -0.2) is 0 Å². The van der Waals surface area contributed by atoms with Crippen molar-refractivity contribution in [1.29, 1.82) is 0 Å². The number of ether oxygens (including phenoxy) is 1. The summed E-state index contributed by atoms with van der Waals surface area (Å²) < 4.78 is 5.86. The number of hydrogen-bond donors (Lipinski definition) is 0. The Balaban J connectivity index is 2.09. The number of benzene rings is 2. The van der Waals surface area contributed by atoms with Gasteiger partial charge in [0.15, 0.2) is 5.60 Å². The maximum atomic E-state index is 12.8. The Hall–Kier alpha value is -2.29. The van der Waals surface area contributed by atoms with E-state index in [1.165, 1.54) is 0 Å². The summed E-state index contributed by atoms with van der Waals surface area (Å²) in [5.41, 5.74) is 1.09. The molecule has 0 aliphatic carbocycles. The van der Waals surface area contributed by atoms with Crippen LogP contribution in [0.2, 0.25) is 0 Å². The minimum atomic E-state index is -0.850. The molecule has 0 saturated carbocycles. The SMILES string of the molecule is CC(c1ccccc1)N1C(=O)C(C)(C)Oc2ccccc21. The van der Waals surface area contributed by atoms with E-state index in [0.29, 0.717) is 0 Å². The molecule has 0 spiro atoms. The van der Waals surface area contributed by atoms with Crippen LogP contribution in [-0.4, -0.2) is 11.5 Å². The highest BCUT2D eigenvalue weighted by Crippen LogP contribution is 2.41. The number of hydrogen-bond acceptors (Lipinski definition) is 2. The number of carbonyl (C=O) groups is 1. The zero-order chi connectivity index (χ0) is 15.0. The third-order valence-electron chi connectivity index (χ3n) is 3.89. The molecule has 1 unspecified atom stereocenters. The van der Waals surface area contributed by atoms with Crippen LogP contribution in [0.4, 0.5) is 5.69 Å². The molecule has 0 N–H and O–H groups in total. The maximum Gasteiger partial charge on any atom is 0.271 e. The van der Waals surface area contributed by atoms with Gasteiger partial charge in [-0.2, -0.15) is 0 Å². The normalized spacial score (nSPS) is 17.9. The Morgan fingerprint density at radius 3 is 2.33 bits per heavy atom. The Kier molecular flexibility index (Phi) is 3.20. The fraction of sp³-hybridized carbons (Fsp3) is 0.278. The first kappa shape index (κ1) is 13.7.